The Bertz CT molecular complexity index is 838. The minimum atomic E-state index is -1.17. The van der Waals surface area contributed by atoms with Gasteiger partial charge in [-0.05, 0) is 23.3 Å². The minimum Gasteiger partial charge on any atom is -0.481 e. The number of nitrogens with one attached hydrogen (secondary N) is 1. The van der Waals surface area contributed by atoms with Crippen molar-refractivity contribution in [1.82, 2.24) is 5.32 Å². The molecule has 0 aliphatic rings. The van der Waals surface area contributed by atoms with Gasteiger partial charge in [0.05, 0.1) is 6.42 Å². The molecule has 0 fully saturated rings. The topological polar surface area (TPSA) is 66.4 Å². The van der Waals surface area contributed by atoms with E-state index in [9.17, 15) is 14.7 Å². The van der Waals surface area contributed by atoms with E-state index in [1.165, 1.54) is 0 Å². The second-order valence-corrected chi connectivity index (χ2v) is 6.03. The SMILES string of the molecule is O=C(O)CC(NC(=O)c1ccccc1)(c1ccccc1)c1ccccc1. The van der Waals surface area contributed by atoms with E-state index in [4.69, 9.17) is 0 Å². The van der Waals surface area contributed by atoms with Gasteiger partial charge in [-0.25, -0.2) is 0 Å². The highest BCUT2D eigenvalue weighted by Gasteiger charge is 2.38. The van der Waals surface area contributed by atoms with Crippen LogP contribution in [0.25, 0.3) is 0 Å². The van der Waals surface area contributed by atoms with E-state index >= 15 is 0 Å². The molecule has 0 saturated carbocycles. The van der Waals surface area contributed by atoms with E-state index < -0.39 is 11.5 Å². The van der Waals surface area contributed by atoms with Crippen molar-refractivity contribution in [2.24, 2.45) is 0 Å². The van der Waals surface area contributed by atoms with Crippen LogP contribution in [0.2, 0.25) is 0 Å². The van der Waals surface area contributed by atoms with Gasteiger partial charge < -0.3 is 10.4 Å². The zero-order valence-electron chi connectivity index (χ0n) is 14.1. The van der Waals surface area contributed by atoms with Crippen molar-refractivity contribution in [3.05, 3.63) is 108 Å². The van der Waals surface area contributed by atoms with Crippen LogP contribution in [0.5, 0.6) is 0 Å². The van der Waals surface area contributed by atoms with Crippen molar-refractivity contribution in [3.63, 3.8) is 0 Å². The molecule has 26 heavy (non-hydrogen) atoms. The lowest BCUT2D eigenvalue weighted by Gasteiger charge is -2.35. The third-order valence-corrected chi connectivity index (χ3v) is 4.31. The number of carbonyl (C=O) groups is 2. The summed E-state index contributed by atoms with van der Waals surface area (Å²) in [7, 11) is 0. The summed E-state index contributed by atoms with van der Waals surface area (Å²) in [6.07, 6.45) is -0.264. The predicted octanol–water partition coefficient (Wildman–Crippen LogP) is 3.83. The summed E-state index contributed by atoms with van der Waals surface area (Å²) in [5.74, 6) is -1.31. The monoisotopic (exact) mass is 345 g/mol. The highest BCUT2D eigenvalue weighted by molar-refractivity contribution is 5.95. The fourth-order valence-electron chi connectivity index (χ4n) is 3.09. The van der Waals surface area contributed by atoms with E-state index in [0.717, 1.165) is 11.1 Å². The van der Waals surface area contributed by atoms with Crippen LogP contribution in [0.3, 0.4) is 0 Å². The Labute approximate surface area is 152 Å². The molecule has 0 atom stereocenters. The first kappa shape index (κ1) is 17.4. The van der Waals surface area contributed by atoms with E-state index in [0.29, 0.717) is 5.56 Å². The first-order valence-electron chi connectivity index (χ1n) is 8.32. The van der Waals surface area contributed by atoms with Crippen LogP contribution >= 0.6 is 0 Å². The summed E-state index contributed by atoms with van der Waals surface area (Å²) < 4.78 is 0. The Hall–Kier alpha value is -3.40. The van der Waals surface area contributed by atoms with Gasteiger partial charge in [0.2, 0.25) is 0 Å². The zero-order valence-corrected chi connectivity index (χ0v) is 14.1. The summed E-state index contributed by atoms with van der Waals surface area (Å²) >= 11 is 0. The van der Waals surface area contributed by atoms with Gasteiger partial charge in [0.15, 0.2) is 0 Å². The highest BCUT2D eigenvalue weighted by atomic mass is 16.4. The molecule has 3 aromatic carbocycles. The van der Waals surface area contributed by atoms with Crippen LogP contribution in [0.4, 0.5) is 0 Å². The smallest absolute Gasteiger partial charge is 0.306 e. The lowest BCUT2D eigenvalue weighted by molar-refractivity contribution is -0.138. The Morgan fingerprint density at radius 3 is 1.58 bits per heavy atom. The number of amides is 1. The van der Waals surface area contributed by atoms with Gasteiger partial charge >= 0.3 is 5.97 Å². The number of carbonyl (C=O) groups excluding carboxylic acids is 1. The second-order valence-electron chi connectivity index (χ2n) is 6.03. The zero-order chi connectivity index (χ0) is 18.4. The Balaban J connectivity index is 2.13. The highest BCUT2D eigenvalue weighted by Crippen LogP contribution is 2.33. The summed E-state index contributed by atoms with van der Waals surface area (Å²) in [4.78, 5) is 24.6. The second kappa shape index (κ2) is 7.66. The first-order valence-corrected chi connectivity index (χ1v) is 8.32. The van der Waals surface area contributed by atoms with E-state index in [2.05, 4.69) is 5.32 Å². The Morgan fingerprint density at radius 1 is 0.731 bits per heavy atom. The number of carboxylic acids is 1. The fraction of sp³-hybridized carbons (Fsp3) is 0.0909. The lowest BCUT2D eigenvalue weighted by atomic mass is 9.79. The third-order valence-electron chi connectivity index (χ3n) is 4.31. The molecule has 4 nitrogen and oxygen atoms in total. The fourth-order valence-corrected chi connectivity index (χ4v) is 3.09. The van der Waals surface area contributed by atoms with Crippen LogP contribution in [-0.4, -0.2) is 17.0 Å². The average Bonchev–Trinajstić information content (AvgIpc) is 2.69. The van der Waals surface area contributed by atoms with E-state index in [1.807, 2.05) is 66.7 Å². The molecule has 0 heterocycles. The van der Waals surface area contributed by atoms with Crippen molar-refractivity contribution in [2.75, 3.05) is 0 Å². The van der Waals surface area contributed by atoms with E-state index in [-0.39, 0.29) is 12.3 Å². The molecule has 0 radical (unpaired) electrons. The van der Waals surface area contributed by atoms with Gasteiger partial charge in [-0.2, -0.15) is 0 Å². The number of rotatable bonds is 6. The maximum absolute atomic E-state index is 12.9. The summed E-state index contributed by atoms with van der Waals surface area (Å²) in [5.41, 5.74) is 0.756. The van der Waals surface area contributed by atoms with Gasteiger partial charge in [0.1, 0.15) is 5.54 Å². The van der Waals surface area contributed by atoms with Crippen LogP contribution in [0, 0.1) is 0 Å². The molecule has 0 aliphatic heterocycles. The maximum atomic E-state index is 12.9. The number of benzene rings is 3. The molecule has 0 saturated heterocycles. The molecular formula is C22H19NO3. The van der Waals surface area contributed by atoms with Crippen molar-refractivity contribution in [3.8, 4) is 0 Å². The molecule has 0 aromatic heterocycles. The molecule has 0 spiro atoms. The summed E-state index contributed by atoms with van der Waals surface area (Å²) in [6, 6.07) is 27.2. The van der Waals surface area contributed by atoms with Gasteiger partial charge in [-0.3, -0.25) is 9.59 Å². The summed E-state index contributed by atoms with van der Waals surface area (Å²) in [5, 5.41) is 12.6. The van der Waals surface area contributed by atoms with Crippen LogP contribution in [0.15, 0.2) is 91.0 Å². The number of hydrogen-bond donors (Lipinski definition) is 2. The van der Waals surface area contributed by atoms with Gasteiger partial charge in [0.25, 0.3) is 5.91 Å². The van der Waals surface area contributed by atoms with Gasteiger partial charge in [-0.1, -0.05) is 78.9 Å². The van der Waals surface area contributed by atoms with Gasteiger partial charge in [-0.15, -0.1) is 0 Å². The molecule has 0 aliphatic carbocycles. The first-order chi connectivity index (χ1) is 12.6. The largest absolute Gasteiger partial charge is 0.481 e. The Kier molecular flexibility index (Phi) is 5.13. The number of hydrogen-bond acceptors (Lipinski definition) is 2. The molecule has 4 heteroatoms. The number of carboxylic acid groups (broad SMARTS) is 1. The summed E-state index contributed by atoms with van der Waals surface area (Å²) in [6.45, 7) is 0. The normalized spacial score (nSPS) is 10.9. The lowest BCUT2D eigenvalue weighted by Crippen LogP contribution is -2.48. The van der Waals surface area contributed by atoms with Crippen LogP contribution < -0.4 is 5.32 Å². The van der Waals surface area contributed by atoms with Crippen LogP contribution in [-0.2, 0) is 10.3 Å². The Morgan fingerprint density at radius 2 is 1.15 bits per heavy atom. The molecule has 1 amide bonds. The maximum Gasteiger partial charge on any atom is 0.306 e. The quantitative estimate of drug-likeness (QED) is 0.713. The van der Waals surface area contributed by atoms with Crippen LogP contribution in [0.1, 0.15) is 27.9 Å². The molecule has 3 rings (SSSR count). The van der Waals surface area contributed by atoms with Crippen molar-refractivity contribution >= 4 is 11.9 Å². The van der Waals surface area contributed by atoms with Crippen molar-refractivity contribution < 1.29 is 14.7 Å². The average molecular weight is 345 g/mol. The van der Waals surface area contributed by atoms with Crippen molar-refractivity contribution in [1.29, 1.82) is 0 Å². The molecule has 3 aromatic rings. The molecular weight excluding hydrogens is 326 g/mol. The standard InChI is InChI=1S/C22H19NO3/c24-20(25)16-22(18-12-6-2-7-13-18,19-14-8-3-9-15-19)23-21(26)17-10-4-1-5-11-17/h1-15H,16H2,(H,23,26)(H,24,25). The molecule has 130 valence electrons. The molecule has 0 unspecified atom stereocenters. The minimum absolute atomic E-state index is 0.264. The van der Waals surface area contributed by atoms with Crippen molar-refractivity contribution in [2.45, 2.75) is 12.0 Å². The van der Waals surface area contributed by atoms with E-state index in [1.54, 1.807) is 24.3 Å². The number of aliphatic carboxylic acids is 1. The molecule has 2 N–H and O–H groups in total. The molecule has 0 bridgehead atoms. The van der Waals surface area contributed by atoms with Gasteiger partial charge in [0, 0.05) is 5.56 Å². The third kappa shape index (κ3) is 3.64. The predicted molar refractivity (Wildman–Crippen MR) is 99.8 cm³/mol.